The molecule has 1 aromatic carbocycles. The first-order chi connectivity index (χ1) is 12.6. The van der Waals surface area contributed by atoms with Gasteiger partial charge in [0.1, 0.15) is 0 Å². The maximum absolute atomic E-state index is 13.0. The lowest BCUT2D eigenvalue weighted by atomic mass is 10.0. The molecule has 2 heterocycles. The molecule has 1 atom stereocenters. The van der Waals surface area contributed by atoms with Gasteiger partial charge in [-0.2, -0.15) is 0 Å². The van der Waals surface area contributed by atoms with Crippen molar-refractivity contribution < 1.29 is 9.59 Å². The van der Waals surface area contributed by atoms with Crippen molar-refractivity contribution >= 4 is 11.8 Å². The Morgan fingerprint density at radius 1 is 1.19 bits per heavy atom. The molecule has 1 saturated heterocycles. The highest BCUT2D eigenvalue weighted by atomic mass is 16.2. The Hall–Kier alpha value is -2.69. The molecule has 1 fully saturated rings. The van der Waals surface area contributed by atoms with Crippen LogP contribution in [0.2, 0.25) is 0 Å². The molecule has 1 aliphatic rings. The molecule has 3 rings (SSSR count). The number of benzene rings is 1. The smallest absolute Gasteiger partial charge is 0.225 e. The van der Waals surface area contributed by atoms with Crippen LogP contribution in [0.3, 0.4) is 0 Å². The minimum atomic E-state index is -0.0631. The highest BCUT2D eigenvalue weighted by Gasteiger charge is 2.24. The molecule has 5 nitrogen and oxygen atoms in total. The van der Waals surface area contributed by atoms with Gasteiger partial charge in [0.05, 0.1) is 12.2 Å². The van der Waals surface area contributed by atoms with Crippen LogP contribution in [0.25, 0.3) is 0 Å². The second-order valence-electron chi connectivity index (χ2n) is 6.86. The Balaban J connectivity index is 1.74. The summed E-state index contributed by atoms with van der Waals surface area (Å²) < 4.78 is 0. The van der Waals surface area contributed by atoms with E-state index in [2.05, 4.69) is 29.4 Å². The minimum Gasteiger partial charge on any atom is -0.353 e. The fraction of sp³-hybridized carbons (Fsp3) is 0.381. The molecule has 0 saturated carbocycles. The SMILES string of the molecule is Cc1ccccc1CN(Cc1ccccn1)C(=O)CC1CCCC(=O)N1. The Morgan fingerprint density at radius 2 is 2.00 bits per heavy atom. The summed E-state index contributed by atoms with van der Waals surface area (Å²) in [6, 6.07) is 13.8. The molecule has 2 aromatic rings. The van der Waals surface area contributed by atoms with Crippen LogP contribution in [0.1, 0.15) is 42.5 Å². The van der Waals surface area contributed by atoms with Crippen LogP contribution in [0, 0.1) is 6.92 Å². The molecule has 0 spiro atoms. The number of hydrogen-bond donors (Lipinski definition) is 1. The van der Waals surface area contributed by atoms with Gasteiger partial charge in [-0.15, -0.1) is 0 Å². The third kappa shape index (κ3) is 4.91. The van der Waals surface area contributed by atoms with Gasteiger partial charge in [0, 0.05) is 31.6 Å². The normalized spacial score (nSPS) is 16.8. The largest absolute Gasteiger partial charge is 0.353 e. The Kier molecular flexibility index (Phi) is 6.00. The average molecular weight is 351 g/mol. The number of pyridine rings is 1. The number of carbonyl (C=O) groups excluding carboxylic acids is 2. The van der Waals surface area contributed by atoms with E-state index in [9.17, 15) is 9.59 Å². The number of aryl methyl sites for hydroxylation is 1. The highest BCUT2D eigenvalue weighted by Crippen LogP contribution is 2.17. The van der Waals surface area contributed by atoms with Gasteiger partial charge in [-0.3, -0.25) is 14.6 Å². The van der Waals surface area contributed by atoms with Crippen molar-refractivity contribution in [1.82, 2.24) is 15.2 Å². The number of aromatic nitrogens is 1. The van der Waals surface area contributed by atoms with Gasteiger partial charge in [0.25, 0.3) is 0 Å². The van der Waals surface area contributed by atoms with Gasteiger partial charge in [-0.1, -0.05) is 30.3 Å². The fourth-order valence-electron chi connectivity index (χ4n) is 3.29. The number of nitrogens with zero attached hydrogens (tertiary/aromatic N) is 2. The topological polar surface area (TPSA) is 62.3 Å². The lowest BCUT2D eigenvalue weighted by molar-refractivity contribution is -0.133. The Bertz CT molecular complexity index is 761. The lowest BCUT2D eigenvalue weighted by Crippen LogP contribution is -2.43. The van der Waals surface area contributed by atoms with Gasteiger partial charge in [-0.25, -0.2) is 0 Å². The second-order valence-corrected chi connectivity index (χ2v) is 6.86. The number of carbonyl (C=O) groups is 2. The summed E-state index contributed by atoms with van der Waals surface area (Å²) in [6.07, 6.45) is 4.35. The zero-order valence-corrected chi connectivity index (χ0v) is 15.1. The number of piperidine rings is 1. The third-order valence-electron chi connectivity index (χ3n) is 4.80. The fourth-order valence-corrected chi connectivity index (χ4v) is 3.29. The van der Waals surface area contributed by atoms with E-state index < -0.39 is 0 Å². The van der Waals surface area contributed by atoms with Crippen LogP contribution in [0.15, 0.2) is 48.7 Å². The molecule has 0 aliphatic carbocycles. The quantitative estimate of drug-likeness (QED) is 0.870. The van der Waals surface area contributed by atoms with Crippen molar-refractivity contribution in [2.45, 2.75) is 51.7 Å². The lowest BCUT2D eigenvalue weighted by Gasteiger charge is -2.28. The first kappa shape index (κ1) is 18.1. The van der Waals surface area contributed by atoms with Crippen LogP contribution in [0.5, 0.6) is 0 Å². The monoisotopic (exact) mass is 351 g/mol. The predicted molar refractivity (Wildman–Crippen MR) is 100 cm³/mol. The molecule has 1 aliphatic heterocycles. The highest BCUT2D eigenvalue weighted by molar-refractivity contribution is 5.80. The molecule has 136 valence electrons. The maximum Gasteiger partial charge on any atom is 0.225 e. The molecule has 2 amide bonds. The van der Waals surface area contributed by atoms with Crippen LogP contribution in [-0.4, -0.2) is 27.7 Å². The predicted octanol–water partition coefficient (Wildman–Crippen LogP) is 2.98. The van der Waals surface area contributed by atoms with Crippen molar-refractivity contribution in [3.8, 4) is 0 Å². The van der Waals surface area contributed by atoms with Crippen molar-refractivity contribution in [1.29, 1.82) is 0 Å². The summed E-state index contributed by atoms with van der Waals surface area (Å²) in [7, 11) is 0. The zero-order chi connectivity index (χ0) is 18.4. The maximum atomic E-state index is 13.0. The van der Waals surface area contributed by atoms with E-state index in [1.54, 1.807) is 6.20 Å². The Morgan fingerprint density at radius 3 is 2.73 bits per heavy atom. The standard InChI is InChI=1S/C21H25N3O2/c1-16-7-2-3-8-17(16)14-24(15-19-9-4-5-12-22-19)21(26)13-18-10-6-11-20(25)23-18/h2-5,7-9,12,18H,6,10-11,13-15H2,1H3,(H,23,25). The molecule has 1 aromatic heterocycles. The van der Waals surface area contributed by atoms with Gasteiger partial charge >= 0.3 is 0 Å². The summed E-state index contributed by atoms with van der Waals surface area (Å²) in [5.41, 5.74) is 3.16. The van der Waals surface area contributed by atoms with Gasteiger partial charge in [0.2, 0.25) is 11.8 Å². The van der Waals surface area contributed by atoms with Crippen LogP contribution in [-0.2, 0) is 22.7 Å². The number of amides is 2. The second kappa shape index (κ2) is 8.61. The summed E-state index contributed by atoms with van der Waals surface area (Å²) in [4.78, 5) is 30.8. The number of rotatable bonds is 6. The van der Waals surface area contributed by atoms with Gasteiger partial charge < -0.3 is 10.2 Å². The summed E-state index contributed by atoms with van der Waals surface area (Å²) in [6.45, 7) is 3.07. The van der Waals surface area contributed by atoms with Gasteiger partial charge in [0.15, 0.2) is 0 Å². The molecule has 26 heavy (non-hydrogen) atoms. The first-order valence-corrected chi connectivity index (χ1v) is 9.13. The third-order valence-corrected chi connectivity index (χ3v) is 4.80. The minimum absolute atomic E-state index is 0.0456. The molecular formula is C21H25N3O2. The molecular weight excluding hydrogens is 326 g/mol. The van der Waals surface area contributed by atoms with E-state index in [0.717, 1.165) is 29.7 Å². The molecule has 5 heteroatoms. The summed E-state index contributed by atoms with van der Waals surface area (Å²) in [5.74, 6) is 0.0929. The molecule has 0 radical (unpaired) electrons. The Labute approximate surface area is 154 Å². The van der Waals surface area contributed by atoms with Gasteiger partial charge in [-0.05, 0) is 43.0 Å². The molecule has 1 N–H and O–H groups in total. The average Bonchev–Trinajstić information content (AvgIpc) is 2.64. The van der Waals surface area contributed by atoms with Crippen molar-refractivity contribution in [2.24, 2.45) is 0 Å². The summed E-state index contributed by atoms with van der Waals surface area (Å²) >= 11 is 0. The molecule has 0 bridgehead atoms. The van der Waals surface area contributed by atoms with Crippen LogP contribution >= 0.6 is 0 Å². The van der Waals surface area contributed by atoms with E-state index >= 15 is 0 Å². The van der Waals surface area contributed by atoms with E-state index in [-0.39, 0.29) is 17.9 Å². The number of hydrogen-bond acceptors (Lipinski definition) is 3. The first-order valence-electron chi connectivity index (χ1n) is 9.13. The summed E-state index contributed by atoms with van der Waals surface area (Å²) in [5, 5.41) is 2.94. The molecule has 1 unspecified atom stereocenters. The zero-order valence-electron chi connectivity index (χ0n) is 15.1. The van der Waals surface area contributed by atoms with E-state index in [1.807, 2.05) is 35.2 Å². The van der Waals surface area contributed by atoms with Crippen LogP contribution in [0.4, 0.5) is 0 Å². The van der Waals surface area contributed by atoms with Crippen molar-refractivity contribution in [3.63, 3.8) is 0 Å². The van der Waals surface area contributed by atoms with Crippen molar-refractivity contribution in [2.75, 3.05) is 0 Å². The van der Waals surface area contributed by atoms with Crippen molar-refractivity contribution in [3.05, 3.63) is 65.5 Å². The van der Waals surface area contributed by atoms with Crippen LogP contribution < -0.4 is 5.32 Å². The number of nitrogens with one attached hydrogen (secondary N) is 1. The van der Waals surface area contributed by atoms with E-state index in [0.29, 0.717) is 25.9 Å². The van der Waals surface area contributed by atoms with E-state index in [4.69, 9.17) is 0 Å². The van der Waals surface area contributed by atoms with E-state index in [1.165, 1.54) is 0 Å².